The summed E-state index contributed by atoms with van der Waals surface area (Å²) in [5.74, 6) is -1.92. The molecule has 8 nitrogen and oxygen atoms in total. The van der Waals surface area contributed by atoms with Gasteiger partial charge in [-0.15, -0.1) is 0 Å². The molecule has 11 heteroatoms. The van der Waals surface area contributed by atoms with E-state index in [1.54, 1.807) is 0 Å². The number of alkyl halides is 3. The summed E-state index contributed by atoms with van der Waals surface area (Å²) in [5, 5.41) is 19.1. The van der Waals surface area contributed by atoms with Gasteiger partial charge in [0.25, 0.3) is 3.79 Å². The van der Waals surface area contributed by atoms with Crippen LogP contribution in [0.3, 0.4) is 0 Å². The number of ether oxygens (including phenoxy) is 5. The van der Waals surface area contributed by atoms with Crippen molar-refractivity contribution in [2.45, 2.75) is 62.1 Å². The summed E-state index contributed by atoms with van der Waals surface area (Å²) < 4.78 is 27.3. The number of nitrogens with one attached hydrogen (secondary N) is 1. The highest BCUT2D eigenvalue weighted by Gasteiger charge is 2.44. The second-order valence-electron chi connectivity index (χ2n) is 9.91. The van der Waals surface area contributed by atoms with Crippen LogP contribution in [0.25, 0.3) is 0 Å². The Morgan fingerprint density at radius 1 is 0.744 bits per heavy atom. The van der Waals surface area contributed by atoms with Crippen LogP contribution in [-0.4, -0.2) is 52.0 Å². The van der Waals surface area contributed by atoms with Gasteiger partial charge in [0, 0.05) is 12.8 Å². The number of halogens is 3. The van der Waals surface area contributed by atoms with E-state index in [0.29, 0.717) is 6.61 Å². The molecule has 0 saturated carbocycles. The third kappa shape index (κ3) is 12.1. The summed E-state index contributed by atoms with van der Waals surface area (Å²) in [5.41, 5.74) is 2.72. The van der Waals surface area contributed by atoms with Crippen molar-refractivity contribution in [3.63, 3.8) is 0 Å². The molecule has 2 N–H and O–H groups in total. The molecule has 3 aromatic carbocycles. The fraction of sp³-hybridized carbons (Fsp3) is 0.375. The first-order valence-corrected chi connectivity index (χ1v) is 14.8. The van der Waals surface area contributed by atoms with Crippen LogP contribution in [0.4, 0.5) is 0 Å². The summed E-state index contributed by atoms with van der Waals surface area (Å²) in [6, 6.07) is 28.6. The monoisotopic (exact) mass is 651 g/mol. The average molecular weight is 653 g/mol. The molecule has 5 atom stereocenters. The fourth-order valence-electron chi connectivity index (χ4n) is 4.26. The molecule has 0 heterocycles. The molecule has 3 unspecified atom stereocenters. The van der Waals surface area contributed by atoms with E-state index in [-0.39, 0.29) is 25.7 Å². The van der Waals surface area contributed by atoms with Crippen molar-refractivity contribution in [3.05, 3.63) is 108 Å². The summed E-state index contributed by atoms with van der Waals surface area (Å²) in [6.45, 7) is 3.97. The van der Waals surface area contributed by atoms with E-state index in [1.807, 2.05) is 97.9 Å². The van der Waals surface area contributed by atoms with Crippen molar-refractivity contribution in [1.29, 1.82) is 5.41 Å². The Labute approximate surface area is 267 Å². The van der Waals surface area contributed by atoms with Gasteiger partial charge >= 0.3 is 5.97 Å². The zero-order valence-electron chi connectivity index (χ0n) is 23.9. The lowest BCUT2D eigenvalue weighted by atomic mass is 9.95. The van der Waals surface area contributed by atoms with Crippen molar-refractivity contribution >= 4 is 46.7 Å². The molecule has 0 aliphatic carbocycles. The van der Waals surface area contributed by atoms with Gasteiger partial charge in [0.1, 0.15) is 6.10 Å². The van der Waals surface area contributed by atoms with Crippen LogP contribution in [0.5, 0.6) is 0 Å². The highest BCUT2D eigenvalue weighted by atomic mass is 35.6. The maximum Gasteiger partial charge on any atom is 0.303 e. The van der Waals surface area contributed by atoms with E-state index in [1.165, 1.54) is 6.92 Å². The van der Waals surface area contributed by atoms with Crippen LogP contribution in [0.2, 0.25) is 0 Å². The van der Waals surface area contributed by atoms with Gasteiger partial charge in [-0.05, 0) is 16.7 Å². The van der Waals surface area contributed by atoms with Gasteiger partial charge in [-0.3, -0.25) is 10.2 Å². The highest BCUT2D eigenvalue weighted by molar-refractivity contribution is 6.76. The van der Waals surface area contributed by atoms with Gasteiger partial charge in [-0.25, -0.2) is 0 Å². The number of carbonyl (C=O) groups excluding carboxylic acids is 1. The molecule has 0 fully saturated rings. The third-order valence-electron chi connectivity index (χ3n) is 6.35. The first kappa shape index (κ1) is 34.8. The smallest absolute Gasteiger partial charge is 0.303 e. The minimum Gasteiger partial charge on any atom is -0.453 e. The molecule has 0 aromatic heterocycles. The number of benzene rings is 3. The summed E-state index contributed by atoms with van der Waals surface area (Å²) in [4.78, 5) is 12.3. The summed E-state index contributed by atoms with van der Waals surface area (Å²) >= 11 is 17.4. The molecule has 0 radical (unpaired) electrons. The fourth-order valence-corrected chi connectivity index (χ4v) is 4.39. The average Bonchev–Trinajstić information content (AvgIpc) is 2.98. The first-order chi connectivity index (χ1) is 20.5. The van der Waals surface area contributed by atoms with Gasteiger partial charge < -0.3 is 28.8 Å². The van der Waals surface area contributed by atoms with Gasteiger partial charge in [0.15, 0.2) is 6.10 Å². The molecule has 0 aliphatic rings. The van der Waals surface area contributed by atoms with E-state index in [4.69, 9.17) is 63.9 Å². The lowest BCUT2D eigenvalue weighted by molar-refractivity contribution is -0.223. The Kier molecular flexibility index (Phi) is 14.2. The van der Waals surface area contributed by atoms with Crippen LogP contribution in [-0.2, 0) is 48.3 Å². The van der Waals surface area contributed by atoms with Crippen LogP contribution >= 0.6 is 34.8 Å². The second kappa shape index (κ2) is 17.6. The van der Waals surface area contributed by atoms with Gasteiger partial charge in [0.05, 0.1) is 32.5 Å². The maximum absolute atomic E-state index is 12.3. The molecular formula is C32H36Cl3NO7. The number of aliphatic hydroxyl groups excluding tert-OH is 1. The Balaban J connectivity index is 1.94. The van der Waals surface area contributed by atoms with Crippen molar-refractivity contribution in [3.8, 4) is 0 Å². The second-order valence-corrected chi connectivity index (χ2v) is 12.2. The van der Waals surface area contributed by atoms with Crippen molar-refractivity contribution in [1.82, 2.24) is 0 Å². The minimum absolute atomic E-state index is 0.0840. The molecule has 0 amide bonds. The van der Waals surface area contributed by atoms with Crippen LogP contribution in [0.15, 0.2) is 91.0 Å². The van der Waals surface area contributed by atoms with Crippen LogP contribution in [0, 0.1) is 11.3 Å². The van der Waals surface area contributed by atoms with Gasteiger partial charge in [-0.1, -0.05) is 133 Å². The Hall–Kier alpha value is -2.69. The van der Waals surface area contributed by atoms with Crippen molar-refractivity contribution in [2.24, 2.45) is 5.92 Å². The van der Waals surface area contributed by atoms with Crippen molar-refractivity contribution < 1.29 is 33.6 Å². The van der Waals surface area contributed by atoms with E-state index in [0.717, 1.165) is 16.7 Å². The van der Waals surface area contributed by atoms with E-state index in [2.05, 4.69) is 0 Å². The minimum atomic E-state index is -2.26. The number of hydrogen-bond acceptors (Lipinski definition) is 8. The lowest BCUT2D eigenvalue weighted by Crippen LogP contribution is -2.53. The summed E-state index contributed by atoms with van der Waals surface area (Å²) in [7, 11) is 0. The predicted octanol–water partition coefficient (Wildman–Crippen LogP) is 6.62. The Morgan fingerprint density at radius 2 is 1.19 bits per heavy atom. The molecule has 0 spiro atoms. The SMILES string of the molecule is CC(=O)OC(C(OCc1ccccc1)[C@H](OCc1ccccc1)C(C)COCc1ccccc1)[C@H](O)OC(=N)C(Cl)(Cl)Cl. The third-order valence-corrected chi connectivity index (χ3v) is 6.87. The Morgan fingerprint density at radius 3 is 1.63 bits per heavy atom. The zero-order chi connectivity index (χ0) is 31.2. The van der Waals surface area contributed by atoms with E-state index >= 15 is 0 Å². The van der Waals surface area contributed by atoms with Crippen LogP contribution in [0.1, 0.15) is 30.5 Å². The quantitative estimate of drug-likeness (QED) is 0.0589. The predicted molar refractivity (Wildman–Crippen MR) is 166 cm³/mol. The van der Waals surface area contributed by atoms with E-state index in [9.17, 15) is 9.90 Å². The number of rotatable bonds is 16. The van der Waals surface area contributed by atoms with Crippen LogP contribution < -0.4 is 0 Å². The molecule has 0 bridgehead atoms. The largest absolute Gasteiger partial charge is 0.453 e. The number of carbonyl (C=O) groups is 1. The van der Waals surface area contributed by atoms with Gasteiger partial charge in [0.2, 0.25) is 12.2 Å². The van der Waals surface area contributed by atoms with Crippen molar-refractivity contribution in [2.75, 3.05) is 6.61 Å². The molecular weight excluding hydrogens is 617 g/mol. The highest BCUT2D eigenvalue weighted by Crippen LogP contribution is 2.30. The number of aliphatic hydroxyl groups is 1. The standard InChI is InChI=1S/C32H36Cl3NO7/c1-22(18-39-19-24-12-6-3-7-13-24)27(40-20-25-14-8-4-9-15-25)28(41-21-26-16-10-5-11-17-26)29(42-23(2)37)30(38)43-31(36)32(33,34)35/h3-17,22,27-30,36,38H,18-21H2,1-2H3/t22?,27-,28?,29?,30-/m1/s1. The maximum atomic E-state index is 12.3. The zero-order valence-corrected chi connectivity index (χ0v) is 26.2. The summed E-state index contributed by atoms with van der Waals surface area (Å²) in [6.07, 6.45) is -5.33. The molecule has 43 heavy (non-hydrogen) atoms. The number of hydrogen-bond donors (Lipinski definition) is 2. The molecule has 0 saturated heterocycles. The van der Waals surface area contributed by atoms with Gasteiger partial charge in [-0.2, -0.15) is 0 Å². The number of esters is 1. The Bertz CT molecular complexity index is 1250. The molecule has 3 rings (SSSR count). The topological polar surface area (TPSA) is 107 Å². The lowest BCUT2D eigenvalue weighted by Gasteiger charge is -2.37. The molecule has 0 aliphatic heterocycles. The van der Waals surface area contributed by atoms with E-state index < -0.39 is 40.3 Å². The normalized spacial score (nSPS) is 15.1. The molecule has 232 valence electrons. The first-order valence-electron chi connectivity index (χ1n) is 13.6. The molecule has 3 aromatic rings.